The molecule has 0 bridgehead atoms. The molecule has 0 saturated carbocycles. The second-order valence-electron chi connectivity index (χ2n) is 5.62. The topological polar surface area (TPSA) is 65.5 Å². The van der Waals surface area contributed by atoms with Gasteiger partial charge in [0.15, 0.2) is 5.96 Å². The van der Waals surface area contributed by atoms with Crippen molar-refractivity contribution < 1.29 is 4.79 Å². The minimum absolute atomic E-state index is 0. The number of hydrogen-bond donors (Lipinski definition) is 3. The Hall–Kier alpha value is -1.31. The highest BCUT2D eigenvalue weighted by Crippen LogP contribution is 1.98. The molecule has 0 spiro atoms. The van der Waals surface area contributed by atoms with Crippen molar-refractivity contribution in [3.8, 4) is 0 Å². The maximum absolute atomic E-state index is 11.8. The van der Waals surface area contributed by atoms with Crippen molar-refractivity contribution in [3.05, 3.63) is 35.9 Å². The summed E-state index contributed by atoms with van der Waals surface area (Å²) in [6.07, 6.45) is 1.91. The molecule has 1 aromatic carbocycles. The summed E-state index contributed by atoms with van der Waals surface area (Å²) in [5.41, 5.74) is 1.22. The van der Waals surface area contributed by atoms with Crippen LogP contribution in [0.15, 0.2) is 35.3 Å². The quantitative estimate of drug-likeness (QED) is 0.335. The molecular formula is C17H29IN4O. The summed E-state index contributed by atoms with van der Waals surface area (Å²) in [6, 6.07) is 10.1. The standard InChI is InChI=1S/C17H28N4O.HI/c1-14(2)9-11-20-17(18-3)21-13-16(22)19-12-10-15-7-5-4-6-8-15;/h4-8,14H,9-13H2,1-3H3,(H,19,22)(H2,18,20,21);1H. The van der Waals surface area contributed by atoms with E-state index < -0.39 is 0 Å². The Labute approximate surface area is 156 Å². The van der Waals surface area contributed by atoms with Crippen LogP contribution in [0.5, 0.6) is 0 Å². The zero-order chi connectivity index (χ0) is 16.2. The SMILES string of the molecule is CN=C(NCCC(C)C)NCC(=O)NCCc1ccccc1.I. The number of benzene rings is 1. The van der Waals surface area contributed by atoms with E-state index in [2.05, 4.69) is 46.9 Å². The van der Waals surface area contributed by atoms with E-state index in [1.54, 1.807) is 7.05 Å². The Morgan fingerprint density at radius 2 is 1.78 bits per heavy atom. The van der Waals surface area contributed by atoms with Gasteiger partial charge in [-0.05, 0) is 24.3 Å². The van der Waals surface area contributed by atoms with Gasteiger partial charge in [0.2, 0.25) is 5.91 Å². The lowest BCUT2D eigenvalue weighted by atomic mass is 10.1. The summed E-state index contributed by atoms with van der Waals surface area (Å²) in [6.45, 7) is 6.09. The number of aliphatic imine (C=N–C) groups is 1. The van der Waals surface area contributed by atoms with Gasteiger partial charge in [-0.2, -0.15) is 0 Å². The van der Waals surface area contributed by atoms with Crippen LogP contribution < -0.4 is 16.0 Å². The first-order valence-electron chi connectivity index (χ1n) is 7.87. The van der Waals surface area contributed by atoms with Gasteiger partial charge in [-0.15, -0.1) is 24.0 Å². The smallest absolute Gasteiger partial charge is 0.239 e. The molecule has 0 heterocycles. The molecule has 0 aliphatic heterocycles. The van der Waals surface area contributed by atoms with E-state index in [-0.39, 0.29) is 36.4 Å². The lowest BCUT2D eigenvalue weighted by Crippen LogP contribution is -2.43. The average molecular weight is 432 g/mol. The fourth-order valence-corrected chi connectivity index (χ4v) is 1.92. The first kappa shape index (κ1) is 21.7. The van der Waals surface area contributed by atoms with Gasteiger partial charge in [-0.25, -0.2) is 0 Å². The first-order chi connectivity index (χ1) is 10.6. The second kappa shape index (κ2) is 13.2. The highest BCUT2D eigenvalue weighted by atomic mass is 127. The van der Waals surface area contributed by atoms with Gasteiger partial charge in [0.25, 0.3) is 0 Å². The van der Waals surface area contributed by atoms with Crippen molar-refractivity contribution in [2.24, 2.45) is 10.9 Å². The Kier molecular flexibility index (Phi) is 12.4. The maximum atomic E-state index is 11.8. The van der Waals surface area contributed by atoms with Gasteiger partial charge in [-0.3, -0.25) is 9.79 Å². The summed E-state index contributed by atoms with van der Waals surface area (Å²) >= 11 is 0. The number of halogens is 1. The molecular weight excluding hydrogens is 403 g/mol. The van der Waals surface area contributed by atoms with Crippen molar-refractivity contribution in [2.75, 3.05) is 26.7 Å². The van der Waals surface area contributed by atoms with E-state index in [1.807, 2.05) is 18.2 Å². The lowest BCUT2D eigenvalue weighted by molar-refractivity contribution is -0.119. The number of hydrogen-bond acceptors (Lipinski definition) is 2. The van der Waals surface area contributed by atoms with Crippen LogP contribution >= 0.6 is 24.0 Å². The highest BCUT2D eigenvalue weighted by Gasteiger charge is 2.03. The molecule has 0 radical (unpaired) electrons. The van der Waals surface area contributed by atoms with Crippen LogP contribution in [0.1, 0.15) is 25.8 Å². The van der Waals surface area contributed by atoms with E-state index in [4.69, 9.17) is 0 Å². The van der Waals surface area contributed by atoms with E-state index in [1.165, 1.54) is 5.56 Å². The van der Waals surface area contributed by atoms with E-state index in [0.717, 1.165) is 19.4 Å². The lowest BCUT2D eigenvalue weighted by Gasteiger charge is -2.12. The number of guanidine groups is 1. The van der Waals surface area contributed by atoms with Crippen LogP contribution in [0.4, 0.5) is 0 Å². The zero-order valence-corrected chi connectivity index (χ0v) is 16.6. The number of carbonyl (C=O) groups excluding carboxylic acids is 1. The highest BCUT2D eigenvalue weighted by molar-refractivity contribution is 14.0. The molecule has 0 unspecified atom stereocenters. The van der Waals surface area contributed by atoms with Crippen LogP contribution in [-0.2, 0) is 11.2 Å². The van der Waals surface area contributed by atoms with Gasteiger partial charge in [0, 0.05) is 20.1 Å². The number of nitrogens with one attached hydrogen (secondary N) is 3. The Balaban J connectivity index is 0.00000484. The van der Waals surface area contributed by atoms with Gasteiger partial charge >= 0.3 is 0 Å². The zero-order valence-electron chi connectivity index (χ0n) is 14.3. The largest absolute Gasteiger partial charge is 0.356 e. The summed E-state index contributed by atoms with van der Waals surface area (Å²) in [4.78, 5) is 15.9. The normalized spacial score (nSPS) is 10.9. The molecule has 5 nitrogen and oxygen atoms in total. The average Bonchev–Trinajstić information content (AvgIpc) is 2.51. The molecule has 6 heteroatoms. The van der Waals surface area contributed by atoms with Crippen molar-refractivity contribution in [1.29, 1.82) is 0 Å². The molecule has 3 N–H and O–H groups in total. The Bertz CT molecular complexity index is 463. The van der Waals surface area contributed by atoms with Crippen molar-refractivity contribution in [2.45, 2.75) is 26.7 Å². The van der Waals surface area contributed by atoms with E-state index in [9.17, 15) is 4.79 Å². The molecule has 1 aromatic rings. The molecule has 0 saturated heterocycles. The van der Waals surface area contributed by atoms with Crippen LogP contribution in [0.3, 0.4) is 0 Å². The van der Waals surface area contributed by atoms with Gasteiger partial charge in [0.05, 0.1) is 6.54 Å². The van der Waals surface area contributed by atoms with Crippen LogP contribution in [0.25, 0.3) is 0 Å². The third kappa shape index (κ3) is 11.0. The molecule has 0 atom stereocenters. The molecule has 130 valence electrons. The van der Waals surface area contributed by atoms with E-state index >= 15 is 0 Å². The Morgan fingerprint density at radius 1 is 1.09 bits per heavy atom. The van der Waals surface area contributed by atoms with Gasteiger partial charge in [-0.1, -0.05) is 44.2 Å². The summed E-state index contributed by atoms with van der Waals surface area (Å²) in [5, 5.41) is 9.12. The number of rotatable bonds is 8. The van der Waals surface area contributed by atoms with Crippen molar-refractivity contribution >= 4 is 35.8 Å². The predicted octanol–water partition coefficient (Wildman–Crippen LogP) is 2.17. The van der Waals surface area contributed by atoms with Crippen LogP contribution in [0, 0.1) is 5.92 Å². The fourth-order valence-electron chi connectivity index (χ4n) is 1.92. The molecule has 0 fully saturated rings. The van der Waals surface area contributed by atoms with Crippen molar-refractivity contribution in [1.82, 2.24) is 16.0 Å². The number of amides is 1. The summed E-state index contributed by atoms with van der Waals surface area (Å²) in [5.74, 6) is 1.29. The Morgan fingerprint density at radius 3 is 2.39 bits per heavy atom. The molecule has 1 amide bonds. The number of nitrogens with zero attached hydrogens (tertiary/aromatic N) is 1. The van der Waals surface area contributed by atoms with Crippen LogP contribution in [0.2, 0.25) is 0 Å². The first-order valence-corrected chi connectivity index (χ1v) is 7.87. The fraction of sp³-hybridized carbons (Fsp3) is 0.529. The monoisotopic (exact) mass is 432 g/mol. The van der Waals surface area contributed by atoms with Gasteiger partial charge < -0.3 is 16.0 Å². The minimum Gasteiger partial charge on any atom is -0.356 e. The van der Waals surface area contributed by atoms with Crippen molar-refractivity contribution in [3.63, 3.8) is 0 Å². The summed E-state index contributed by atoms with van der Waals surface area (Å²) < 4.78 is 0. The molecule has 0 aliphatic rings. The predicted molar refractivity (Wildman–Crippen MR) is 107 cm³/mol. The third-order valence-corrected chi connectivity index (χ3v) is 3.23. The minimum atomic E-state index is -0.0252. The van der Waals surface area contributed by atoms with Crippen LogP contribution in [-0.4, -0.2) is 38.5 Å². The molecule has 1 rings (SSSR count). The third-order valence-electron chi connectivity index (χ3n) is 3.23. The number of carbonyl (C=O) groups is 1. The summed E-state index contributed by atoms with van der Waals surface area (Å²) in [7, 11) is 1.71. The van der Waals surface area contributed by atoms with E-state index in [0.29, 0.717) is 18.4 Å². The van der Waals surface area contributed by atoms with Gasteiger partial charge in [0.1, 0.15) is 0 Å². The molecule has 23 heavy (non-hydrogen) atoms. The second-order valence-corrected chi connectivity index (χ2v) is 5.62. The molecule has 0 aromatic heterocycles. The molecule has 0 aliphatic carbocycles. The maximum Gasteiger partial charge on any atom is 0.239 e.